The maximum atomic E-state index is 12.4. The van der Waals surface area contributed by atoms with Crippen LogP contribution < -0.4 is 10.1 Å². The summed E-state index contributed by atoms with van der Waals surface area (Å²) in [6.07, 6.45) is 1.31. The predicted molar refractivity (Wildman–Crippen MR) is 126 cm³/mol. The van der Waals surface area contributed by atoms with Gasteiger partial charge in [-0.3, -0.25) is 4.79 Å². The highest BCUT2D eigenvalue weighted by molar-refractivity contribution is 6.32. The van der Waals surface area contributed by atoms with Crippen LogP contribution in [0.1, 0.15) is 22.3 Å². The quantitative estimate of drug-likeness (QED) is 0.328. The summed E-state index contributed by atoms with van der Waals surface area (Å²) in [5.74, 6) is 0.686. The van der Waals surface area contributed by atoms with Gasteiger partial charge in [-0.1, -0.05) is 35.3 Å². The molecule has 32 heavy (non-hydrogen) atoms. The second kappa shape index (κ2) is 10.2. The normalized spacial score (nSPS) is 11.0. The van der Waals surface area contributed by atoms with Crippen LogP contribution in [-0.4, -0.2) is 11.0 Å². The zero-order valence-electron chi connectivity index (χ0n) is 17.4. The molecule has 3 aromatic carbocycles. The largest absolute Gasteiger partial charge is 0.507 e. The van der Waals surface area contributed by atoms with Crippen molar-refractivity contribution in [2.75, 3.05) is 0 Å². The molecule has 2 N–H and O–H groups in total. The average Bonchev–Trinajstić information content (AvgIpc) is 2.76. The van der Waals surface area contributed by atoms with E-state index in [9.17, 15) is 15.2 Å². The Labute approximate surface area is 196 Å². The topological polar surface area (TPSA) is 82.3 Å². The van der Waals surface area contributed by atoms with Crippen LogP contribution in [-0.2, 0) is 11.3 Å². The molecule has 0 radical (unpaired) electrons. The predicted octanol–water partition coefficient (Wildman–Crippen LogP) is 6.33. The Kier molecular flexibility index (Phi) is 7.42. The number of hydrogen-bond acceptors (Lipinski definition) is 4. The molecule has 1 amide bonds. The van der Waals surface area contributed by atoms with Gasteiger partial charge in [-0.15, -0.1) is 0 Å². The lowest BCUT2D eigenvalue weighted by molar-refractivity contribution is -0.117. The number of nitriles is 1. The van der Waals surface area contributed by atoms with Crippen molar-refractivity contribution in [1.82, 2.24) is 5.32 Å². The third kappa shape index (κ3) is 5.82. The standard InChI is InChI=1S/C25H20Cl2N2O3/c1-15-9-22(10-16(2)24(15)27)32-21-7-3-17(4-8-21)14-29-25(31)19(13-28)11-18-5-6-20(26)12-23(18)30/h3-12,30H,14H2,1-2H3,(H,29,31). The van der Waals surface area contributed by atoms with Crippen LogP contribution >= 0.6 is 23.2 Å². The van der Waals surface area contributed by atoms with E-state index in [0.29, 0.717) is 22.1 Å². The number of carbonyl (C=O) groups excluding carboxylic acids is 1. The minimum Gasteiger partial charge on any atom is -0.507 e. The van der Waals surface area contributed by atoms with Crippen molar-refractivity contribution in [3.8, 4) is 23.3 Å². The van der Waals surface area contributed by atoms with Gasteiger partial charge < -0.3 is 15.2 Å². The molecule has 0 aliphatic rings. The van der Waals surface area contributed by atoms with Crippen LogP contribution in [0.15, 0.2) is 60.2 Å². The fourth-order valence-corrected chi connectivity index (χ4v) is 3.27. The first kappa shape index (κ1) is 23.2. The van der Waals surface area contributed by atoms with E-state index in [4.69, 9.17) is 27.9 Å². The number of nitrogens with zero attached hydrogens (tertiary/aromatic N) is 1. The molecule has 3 aromatic rings. The molecule has 3 rings (SSSR count). The number of nitrogens with one attached hydrogen (secondary N) is 1. The van der Waals surface area contributed by atoms with E-state index in [0.717, 1.165) is 21.7 Å². The molecular formula is C25H20Cl2N2O3. The molecule has 0 aromatic heterocycles. The summed E-state index contributed by atoms with van der Waals surface area (Å²) in [7, 11) is 0. The summed E-state index contributed by atoms with van der Waals surface area (Å²) in [4.78, 5) is 12.4. The first-order valence-electron chi connectivity index (χ1n) is 9.69. The molecule has 0 aliphatic heterocycles. The van der Waals surface area contributed by atoms with Gasteiger partial charge in [0.15, 0.2) is 0 Å². The average molecular weight is 467 g/mol. The van der Waals surface area contributed by atoms with Gasteiger partial charge >= 0.3 is 0 Å². The van der Waals surface area contributed by atoms with E-state index in [1.165, 1.54) is 18.2 Å². The second-order valence-electron chi connectivity index (χ2n) is 7.17. The first-order valence-corrected chi connectivity index (χ1v) is 10.4. The minimum absolute atomic E-state index is 0.111. The van der Waals surface area contributed by atoms with E-state index in [-0.39, 0.29) is 17.9 Å². The van der Waals surface area contributed by atoms with Crippen LogP contribution in [0.2, 0.25) is 10.0 Å². The molecule has 0 aliphatic carbocycles. The molecule has 0 spiro atoms. The fourth-order valence-electron chi connectivity index (χ4n) is 3.00. The van der Waals surface area contributed by atoms with Gasteiger partial charge in [0.05, 0.1) is 0 Å². The number of carbonyl (C=O) groups is 1. The Balaban J connectivity index is 1.63. The molecule has 0 fully saturated rings. The van der Waals surface area contributed by atoms with Gasteiger partial charge in [0.25, 0.3) is 5.91 Å². The number of aromatic hydroxyl groups is 1. The number of phenolic OH excluding ortho intramolecular Hbond substituents is 1. The van der Waals surface area contributed by atoms with Crippen molar-refractivity contribution < 1.29 is 14.6 Å². The lowest BCUT2D eigenvalue weighted by Crippen LogP contribution is -2.23. The van der Waals surface area contributed by atoms with E-state index >= 15 is 0 Å². The number of phenols is 1. The number of amides is 1. The second-order valence-corrected chi connectivity index (χ2v) is 7.99. The molecular weight excluding hydrogens is 447 g/mol. The Hall–Kier alpha value is -3.46. The van der Waals surface area contributed by atoms with Crippen LogP contribution in [0.25, 0.3) is 6.08 Å². The third-order valence-electron chi connectivity index (χ3n) is 4.68. The van der Waals surface area contributed by atoms with Crippen molar-refractivity contribution in [3.63, 3.8) is 0 Å². The number of hydrogen-bond donors (Lipinski definition) is 2. The SMILES string of the molecule is Cc1cc(Oc2ccc(CNC(=O)C(C#N)=Cc3ccc(Cl)cc3O)cc2)cc(C)c1Cl. The molecule has 0 atom stereocenters. The van der Waals surface area contributed by atoms with Gasteiger partial charge in [0.2, 0.25) is 0 Å². The van der Waals surface area contributed by atoms with E-state index in [1.807, 2.05) is 44.2 Å². The lowest BCUT2D eigenvalue weighted by atomic mass is 10.1. The van der Waals surface area contributed by atoms with Gasteiger partial charge in [0.1, 0.15) is 28.9 Å². The van der Waals surface area contributed by atoms with Crippen LogP contribution in [0.3, 0.4) is 0 Å². The minimum atomic E-state index is -0.547. The fraction of sp³-hybridized carbons (Fsp3) is 0.120. The summed E-state index contributed by atoms with van der Waals surface area (Å²) in [6.45, 7) is 4.07. The summed E-state index contributed by atoms with van der Waals surface area (Å²) < 4.78 is 5.89. The van der Waals surface area contributed by atoms with Crippen LogP contribution in [0.5, 0.6) is 17.2 Å². The molecule has 162 valence electrons. The first-order chi connectivity index (χ1) is 15.3. The Morgan fingerprint density at radius 2 is 1.72 bits per heavy atom. The van der Waals surface area contributed by atoms with Gasteiger partial charge in [-0.05, 0) is 79.1 Å². The monoisotopic (exact) mass is 466 g/mol. The molecule has 0 bridgehead atoms. The highest BCUT2D eigenvalue weighted by atomic mass is 35.5. The molecule has 0 heterocycles. The van der Waals surface area contributed by atoms with E-state index < -0.39 is 5.91 Å². The van der Waals surface area contributed by atoms with Crippen LogP contribution in [0.4, 0.5) is 0 Å². The van der Waals surface area contributed by atoms with E-state index in [1.54, 1.807) is 18.2 Å². The summed E-state index contributed by atoms with van der Waals surface area (Å²) in [5, 5.41) is 23.0. The Morgan fingerprint density at radius 1 is 1.06 bits per heavy atom. The highest BCUT2D eigenvalue weighted by Gasteiger charge is 2.11. The number of ether oxygens (including phenoxy) is 1. The molecule has 5 nitrogen and oxygen atoms in total. The van der Waals surface area contributed by atoms with Gasteiger partial charge in [-0.25, -0.2) is 0 Å². The third-order valence-corrected chi connectivity index (χ3v) is 5.51. The number of rotatable bonds is 6. The lowest BCUT2D eigenvalue weighted by Gasteiger charge is -2.10. The van der Waals surface area contributed by atoms with Gasteiger partial charge in [0, 0.05) is 22.2 Å². The zero-order chi connectivity index (χ0) is 23.3. The van der Waals surface area contributed by atoms with Crippen molar-refractivity contribution in [3.05, 3.63) is 92.5 Å². The summed E-state index contributed by atoms with van der Waals surface area (Å²) >= 11 is 12.0. The van der Waals surface area contributed by atoms with Crippen molar-refractivity contribution in [1.29, 1.82) is 5.26 Å². The highest BCUT2D eigenvalue weighted by Crippen LogP contribution is 2.29. The molecule has 7 heteroatoms. The Morgan fingerprint density at radius 3 is 2.31 bits per heavy atom. The number of benzene rings is 3. The molecule has 0 saturated carbocycles. The van der Waals surface area contributed by atoms with Crippen molar-refractivity contribution >= 4 is 35.2 Å². The van der Waals surface area contributed by atoms with E-state index in [2.05, 4.69) is 5.32 Å². The Bertz CT molecular complexity index is 1210. The van der Waals surface area contributed by atoms with Crippen molar-refractivity contribution in [2.45, 2.75) is 20.4 Å². The summed E-state index contributed by atoms with van der Waals surface area (Å²) in [5.41, 5.74) is 2.91. The number of halogens is 2. The molecule has 0 unspecified atom stereocenters. The molecule has 0 saturated heterocycles. The maximum Gasteiger partial charge on any atom is 0.262 e. The smallest absolute Gasteiger partial charge is 0.262 e. The number of aryl methyl sites for hydroxylation is 2. The van der Waals surface area contributed by atoms with Gasteiger partial charge in [-0.2, -0.15) is 5.26 Å². The zero-order valence-corrected chi connectivity index (χ0v) is 19.0. The van der Waals surface area contributed by atoms with Crippen molar-refractivity contribution in [2.24, 2.45) is 0 Å². The van der Waals surface area contributed by atoms with Crippen LogP contribution in [0, 0.1) is 25.2 Å². The summed E-state index contributed by atoms with van der Waals surface area (Å²) in [6, 6.07) is 17.3. The maximum absolute atomic E-state index is 12.4.